The molecule has 4 nitrogen and oxygen atoms in total. The van der Waals surface area contributed by atoms with Gasteiger partial charge in [-0.15, -0.1) is 0 Å². The topological polar surface area (TPSA) is 46.6 Å². The number of benzene rings is 3. The Morgan fingerprint density at radius 2 is 1.33 bits per heavy atom. The molecule has 1 amide bonds. The van der Waals surface area contributed by atoms with E-state index in [4.69, 9.17) is 4.74 Å². The zero-order valence-corrected chi connectivity index (χ0v) is 15.1. The minimum Gasteiger partial charge on any atom is -0.467 e. The molecule has 3 aromatic rings. The van der Waals surface area contributed by atoms with Gasteiger partial charge in [-0.05, 0) is 23.3 Å². The van der Waals surface area contributed by atoms with Gasteiger partial charge in [-0.25, -0.2) is 4.79 Å². The van der Waals surface area contributed by atoms with Gasteiger partial charge in [-0.1, -0.05) is 78.9 Å². The summed E-state index contributed by atoms with van der Waals surface area (Å²) < 4.78 is 5.04. The zero-order chi connectivity index (χ0) is 19.1. The van der Waals surface area contributed by atoms with Crippen LogP contribution in [-0.4, -0.2) is 23.9 Å². The predicted molar refractivity (Wildman–Crippen MR) is 104 cm³/mol. The molecule has 136 valence electrons. The molecular weight excluding hydrogens is 338 g/mol. The Morgan fingerprint density at radius 1 is 0.815 bits per heavy atom. The van der Waals surface area contributed by atoms with Crippen molar-refractivity contribution in [1.82, 2.24) is 4.90 Å². The lowest BCUT2D eigenvalue weighted by molar-refractivity contribution is -0.146. The number of ether oxygens (including phenoxy) is 1. The number of hydrogen-bond acceptors (Lipinski definition) is 3. The lowest BCUT2D eigenvalue weighted by Gasteiger charge is -2.30. The summed E-state index contributed by atoms with van der Waals surface area (Å²) >= 11 is 0. The van der Waals surface area contributed by atoms with Crippen molar-refractivity contribution in [2.45, 2.75) is 12.6 Å². The average Bonchev–Trinajstić information content (AvgIpc) is 2.74. The molecule has 0 aliphatic rings. The molecule has 0 radical (unpaired) electrons. The molecular formula is C23H21NO3. The van der Waals surface area contributed by atoms with Gasteiger partial charge in [0, 0.05) is 12.1 Å². The number of esters is 1. The number of hydrogen-bond donors (Lipinski definition) is 0. The van der Waals surface area contributed by atoms with Crippen molar-refractivity contribution in [3.63, 3.8) is 0 Å². The molecule has 0 aliphatic heterocycles. The monoisotopic (exact) mass is 359 g/mol. The standard InChI is InChI=1S/C23H21NO3/c1-27-23(26)21(19-13-7-3-8-14-19)24(17-18-11-5-2-6-12-18)22(25)20-15-9-4-10-16-20/h2-16,21H,17H2,1H3. The van der Waals surface area contributed by atoms with Crippen LogP contribution in [0.4, 0.5) is 0 Å². The summed E-state index contributed by atoms with van der Waals surface area (Å²) in [5.74, 6) is -0.694. The highest BCUT2D eigenvalue weighted by Gasteiger charge is 2.32. The Morgan fingerprint density at radius 3 is 1.89 bits per heavy atom. The maximum Gasteiger partial charge on any atom is 0.333 e. The Bertz CT molecular complexity index is 879. The van der Waals surface area contributed by atoms with Crippen LogP contribution in [0.2, 0.25) is 0 Å². The molecule has 0 aromatic heterocycles. The predicted octanol–water partition coefficient (Wildman–Crippen LogP) is 4.24. The number of carbonyl (C=O) groups excluding carboxylic acids is 2. The summed E-state index contributed by atoms with van der Waals surface area (Å²) in [5, 5.41) is 0. The highest BCUT2D eigenvalue weighted by Crippen LogP contribution is 2.26. The van der Waals surface area contributed by atoms with E-state index >= 15 is 0 Å². The molecule has 1 atom stereocenters. The third-order valence-electron chi connectivity index (χ3n) is 4.33. The Balaban J connectivity index is 2.05. The molecule has 3 aromatic carbocycles. The van der Waals surface area contributed by atoms with E-state index in [1.807, 2.05) is 78.9 Å². The van der Waals surface area contributed by atoms with E-state index in [1.54, 1.807) is 17.0 Å². The van der Waals surface area contributed by atoms with Gasteiger partial charge in [0.15, 0.2) is 6.04 Å². The molecule has 0 saturated heterocycles. The second kappa shape index (κ2) is 8.81. The van der Waals surface area contributed by atoms with Crippen LogP contribution in [0.15, 0.2) is 91.0 Å². The van der Waals surface area contributed by atoms with Crippen LogP contribution in [0.5, 0.6) is 0 Å². The van der Waals surface area contributed by atoms with E-state index < -0.39 is 12.0 Å². The summed E-state index contributed by atoms with van der Waals surface area (Å²) in [4.78, 5) is 27.5. The zero-order valence-electron chi connectivity index (χ0n) is 15.1. The fraction of sp³-hybridized carbons (Fsp3) is 0.130. The normalized spacial score (nSPS) is 11.4. The molecule has 0 aliphatic carbocycles. The van der Waals surface area contributed by atoms with Gasteiger partial charge in [0.1, 0.15) is 0 Å². The van der Waals surface area contributed by atoms with E-state index in [0.29, 0.717) is 17.7 Å². The van der Waals surface area contributed by atoms with Crippen LogP contribution in [0.1, 0.15) is 27.5 Å². The third-order valence-corrected chi connectivity index (χ3v) is 4.33. The smallest absolute Gasteiger partial charge is 0.333 e. The van der Waals surface area contributed by atoms with E-state index in [2.05, 4.69) is 0 Å². The molecule has 0 bridgehead atoms. The van der Waals surface area contributed by atoms with Crippen LogP contribution < -0.4 is 0 Å². The number of methoxy groups -OCH3 is 1. The van der Waals surface area contributed by atoms with Crippen LogP contribution in [0, 0.1) is 0 Å². The van der Waals surface area contributed by atoms with Crippen LogP contribution >= 0.6 is 0 Å². The highest BCUT2D eigenvalue weighted by molar-refractivity contribution is 5.97. The van der Waals surface area contributed by atoms with Crippen molar-refractivity contribution < 1.29 is 14.3 Å². The molecule has 27 heavy (non-hydrogen) atoms. The summed E-state index contributed by atoms with van der Waals surface area (Å²) in [6.45, 7) is 0.295. The van der Waals surface area contributed by atoms with E-state index in [1.165, 1.54) is 7.11 Å². The molecule has 0 saturated carbocycles. The molecule has 0 heterocycles. The molecule has 3 rings (SSSR count). The SMILES string of the molecule is COC(=O)C(c1ccccc1)N(Cc1ccccc1)C(=O)c1ccccc1. The Hall–Kier alpha value is -3.40. The maximum atomic E-state index is 13.3. The van der Waals surface area contributed by atoms with Crippen LogP contribution in [0.3, 0.4) is 0 Å². The van der Waals surface area contributed by atoms with Crippen molar-refractivity contribution in [3.05, 3.63) is 108 Å². The maximum absolute atomic E-state index is 13.3. The number of amides is 1. The van der Waals surface area contributed by atoms with Gasteiger partial charge in [0.2, 0.25) is 0 Å². The lowest BCUT2D eigenvalue weighted by Crippen LogP contribution is -2.39. The minimum absolute atomic E-state index is 0.223. The molecule has 0 fully saturated rings. The van der Waals surface area contributed by atoms with Crippen LogP contribution in [-0.2, 0) is 16.1 Å². The first kappa shape index (κ1) is 18.4. The lowest BCUT2D eigenvalue weighted by atomic mass is 10.0. The van der Waals surface area contributed by atoms with Gasteiger partial charge in [-0.3, -0.25) is 4.79 Å². The average molecular weight is 359 g/mol. The Kier molecular flexibility index (Phi) is 6.00. The van der Waals surface area contributed by atoms with Crippen molar-refractivity contribution in [3.8, 4) is 0 Å². The Labute approximate surface area is 159 Å². The second-order valence-corrected chi connectivity index (χ2v) is 6.12. The number of nitrogens with zero attached hydrogens (tertiary/aromatic N) is 1. The summed E-state index contributed by atoms with van der Waals surface area (Å²) in [6, 6.07) is 27.0. The molecule has 4 heteroatoms. The third kappa shape index (κ3) is 4.42. The fourth-order valence-corrected chi connectivity index (χ4v) is 3.00. The first-order chi connectivity index (χ1) is 13.2. The van der Waals surface area contributed by atoms with E-state index in [-0.39, 0.29) is 5.91 Å². The quantitative estimate of drug-likeness (QED) is 0.618. The second-order valence-electron chi connectivity index (χ2n) is 6.12. The van der Waals surface area contributed by atoms with Crippen molar-refractivity contribution in [2.75, 3.05) is 7.11 Å². The van der Waals surface area contributed by atoms with Gasteiger partial charge in [-0.2, -0.15) is 0 Å². The van der Waals surface area contributed by atoms with Crippen molar-refractivity contribution in [2.24, 2.45) is 0 Å². The molecule has 0 spiro atoms. The van der Waals surface area contributed by atoms with Gasteiger partial charge in [0.25, 0.3) is 5.91 Å². The first-order valence-corrected chi connectivity index (χ1v) is 8.73. The summed E-state index contributed by atoms with van der Waals surface area (Å²) in [6.07, 6.45) is 0. The van der Waals surface area contributed by atoms with Gasteiger partial charge >= 0.3 is 5.97 Å². The minimum atomic E-state index is -0.830. The highest BCUT2D eigenvalue weighted by atomic mass is 16.5. The summed E-state index contributed by atoms with van der Waals surface area (Å²) in [7, 11) is 1.34. The van der Waals surface area contributed by atoms with E-state index in [0.717, 1.165) is 5.56 Å². The van der Waals surface area contributed by atoms with Gasteiger partial charge in [0.05, 0.1) is 7.11 Å². The first-order valence-electron chi connectivity index (χ1n) is 8.73. The fourth-order valence-electron chi connectivity index (χ4n) is 3.00. The molecule has 1 unspecified atom stereocenters. The largest absolute Gasteiger partial charge is 0.467 e. The van der Waals surface area contributed by atoms with Crippen molar-refractivity contribution >= 4 is 11.9 Å². The molecule has 0 N–H and O–H groups in total. The number of rotatable bonds is 6. The number of carbonyl (C=O) groups is 2. The van der Waals surface area contributed by atoms with Crippen molar-refractivity contribution in [1.29, 1.82) is 0 Å². The van der Waals surface area contributed by atoms with Crippen LogP contribution in [0.25, 0.3) is 0 Å². The van der Waals surface area contributed by atoms with E-state index in [9.17, 15) is 9.59 Å². The summed E-state index contributed by atoms with van der Waals surface area (Å²) in [5.41, 5.74) is 2.18. The van der Waals surface area contributed by atoms with Gasteiger partial charge < -0.3 is 9.64 Å².